The molecule has 0 spiro atoms. The molecule has 0 heterocycles. The molecule has 6 nitrogen and oxygen atoms in total. The van der Waals surface area contributed by atoms with E-state index in [9.17, 15) is 9.90 Å². The summed E-state index contributed by atoms with van der Waals surface area (Å²) < 4.78 is 23.7. The number of phenolic OH excluding ortho intramolecular Hbond substituents is 1. The van der Waals surface area contributed by atoms with Crippen molar-refractivity contribution in [1.29, 1.82) is 0 Å². The Kier molecular flexibility index (Phi) is 14.2. The lowest BCUT2D eigenvalue weighted by atomic mass is 10.0. The molecule has 0 saturated carbocycles. The van der Waals surface area contributed by atoms with E-state index in [1.165, 1.54) is 12.1 Å². The molecule has 0 saturated heterocycles. The summed E-state index contributed by atoms with van der Waals surface area (Å²) in [5, 5.41) is 10.8. The molecule has 0 aliphatic rings. The minimum atomic E-state index is -0.342. The number of hydrogen-bond donors (Lipinski definition) is 1. The summed E-state index contributed by atoms with van der Waals surface area (Å²) in [6, 6.07) is 7.05. The largest absolute Gasteiger partial charge is 0.507 e. The first kappa shape index (κ1) is 31.1. The van der Waals surface area contributed by atoms with E-state index in [0.29, 0.717) is 43.7 Å². The number of ether oxygens (including phenoxy) is 4. The van der Waals surface area contributed by atoms with Gasteiger partial charge in [0.1, 0.15) is 22.8 Å². The van der Waals surface area contributed by atoms with E-state index in [0.717, 1.165) is 68.2 Å². The Morgan fingerprint density at radius 2 is 1.21 bits per heavy atom. The summed E-state index contributed by atoms with van der Waals surface area (Å²) in [6.07, 6.45) is 10.9. The van der Waals surface area contributed by atoms with Crippen molar-refractivity contribution in [2.45, 2.75) is 86.0 Å². The van der Waals surface area contributed by atoms with Gasteiger partial charge in [-0.2, -0.15) is 0 Å². The molecule has 0 aliphatic carbocycles. The number of aromatic hydroxyl groups is 1. The standard InChI is InChI=1S/C32H46O6/c1-6-10-16-35-26-22-28(34)32(31(23-26)38-19-13-9-4)27(33)15-14-25-21-30(37-18-12-8-3)29(20-24(25)5)36-17-11-7-2/h14-15,20-23,34H,6-13,16-19H2,1-5H3/b15-14+. The Balaban J connectivity index is 2.33. The van der Waals surface area contributed by atoms with E-state index in [2.05, 4.69) is 27.7 Å². The van der Waals surface area contributed by atoms with E-state index in [-0.39, 0.29) is 17.1 Å². The van der Waals surface area contributed by atoms with Crippen LogP contribution >= 0.6 is 0 Å². The van der Waals surface area contributed by atoms with E-state index in [1.807, 2.05) is 19.1 Å². The third-order valence-corrected chi connectivity index (χ3v) is 6.08. The van der Waals surface area contributed by atoms with E-state index in [4.69, 9.17) is 18.9 Å². The second kappa shape index (κ2) is 17.4. The molecule has 6 heteroatoms. The molecule has 0 bridgehead atoms. The molecule has 0 atom stereocenters. The van der Waals surface area contributed by atoms with Gasteiger partial charge in [0.25, 0.3) is 0 Å². The molecular formula is C32H46O6. The molecule has 38 heavy (non-hydrogen) atoms. The lowest BCUT2D eigenvalue weighted by molar-refractivity contribution is 0.104. The molecule has 0 aliphatic heterocycles. The fraction of sp³-hybridized carbons (Fsp3) is 0.531. The van der Waals surface area contributed by atoms with Crippen molar-refractivity contribution in [3.05, 3.63) is 47.0 Å². The zero-order valence-corrected chi connectivity index (χ0v) is 23.9. The number of benzene rings is 2. The molecule has 2 aromatic rings. The number of rotatable bonds is 19. The van der Waals surface area contributed by atoms with Crippen LogP contribution in [0.3, 0.4) is 0 Å². The monoisotopic (exact) mass is 526 g/mol. The zero-order chi connectivity index (χ0) is 27.8. The zero-order valence-electron chi connectivity index (χ0n) is 23.9. The summed E-state index contributed by atoms with van der Waals surface area (Å²) in [5.41, 5.74) is 1.95. The highest BCUT2D eigenvalue weighted by Gasteiger charge is 2.19. The maximum absolute atomic E-state index is 13.3. The lowest BCUT2D eigenvalue weighted by Gasteiger charge is -2.15. The average molecular weight is 527 g/mol. The molecule has 2 aromatic carbocycles. The van der Waals surface area contributed by atoms with Gasteiger partial charge in [-0.25, -0.2) is 0 Å². The van der Waals surface area contributed by atoms with Gasteiger partial charge in [0.15, 0.2) is 17.3 Å². The first-order valence-corrected chi connectivity index (χ1v) is 14.2. The topological polar surface area (TPSA) is 74.2 Å². The van der Waals surface area contributed by atoms with E-state index in [1.54, 1.807) is 12.1 Å². The quantitative estimate of drug-likeness (QED) is 0.113. The van der Waals surface area contributed by atoms with Gasteiger partial charge in [0.2, 0.25) is 0 Å². The van der Waals surface area contributed by atoms with Crippen molar-refractivity contribution in [1.82, 2.24) is 0 Å². The number of carbonyl (C=O) groups is 1. The van der Waals surface area contributed by atoms with Crippen LogP contribution in [0.5, 0.6) is 28.7 Å². The Bertz CT molecular complexity index is 1030. The smallest absolute Gasteiger partial charge is 0.193 e. The predicted octanol–water partition coefficient (Wildman–Crippen LogP) is 8.31. The summed E-state index contributed by atoms with van der Waals surface area (Å²) in [7, 11) is 0. The summed E-state index contributed by atoms with van der Waals surface area (Å²) in [5.74, 6) is 1.72. The third kappa shape index (κ3) is 9.96. The first-order chi connectivity index (χ1) is 18.4. The van der Waals surface area contributed by atoms with Gasteiger partial charge in [0.05, 0.1) is 26.4 Å². The van der Waals surface area contributed by atoms with Crippen LogP contribution in [0.1, 0.15) is 101 Å². The maximum Gasteiger partial charge on any atom is 0.193 e. The van der Waals surface area contributed by atoms with Gasteiger partial charge in [-0.3, -0.25) is 4.79 Å². The number of hydrogen-bond acceptors (Lipinski definition) is 6. The fourth-order valence-electron chi connectivity index (χ4n) is 3.67. The van der Waals surface area contributed by atoms with Crippen LogP contribution in [0.4, 0.5) is 0 Å². The number of allylic oxidation sites excluding steroid dienone is 1. The van der Waals surface area contributed by atoms with Crippen LogP contribution in [-0.4, -0.2) is 37.3 Å². The van der Waals surface area contributed by atoms with Crippen LogP contribution in [-0.2, 0) is 0 Å². The van der Waals surface area contributed by atoms with Crippen molar-refractivity contribution < 1.29 is 28.8 Å². The lowest BCUT2D eigenvalue weighted by Crippen LogP contribution is -2.06. The Labute approximate surface area is 229 Å². The van der Waals surface area contributed by atoms with Gasteiger partial charge >= 0.3 is 0 Å². The Hall–Kier alpha value is -3.15. The number of ketones is 1. The highest BCUT2D eigenvalue weighted by atomic mass is 16.5. The van der Waals surface area contributed by atoms with Gasteiger partial charge < -0.3 is 24.1 Å². The average Bonchev–Trinajstić information content (AvgIpc) is 2.89. The van der Waals surface area contributed by atoms with E-state index < -0.39 is 0 Å². The van der Waals surface area contributed by atoms with Crippen molar-refractivity contribution in [3.8, 4) is 28.7 Å². The molecule has 0 amide bonds. The highest BCUT2D eigenvalue weighted by Crippen LogP contribution is 2.36. The molecule has 1 N–H and O–H groups in total. The van der Waals surface area contributed by atoms with Gasteiger partial charge in [-0.1, -0.05) is 59.5 Å². The first-order valence-electron chi connectivity index (χ1n) is 14.2. The molecule has 210 valence electrons. The van der Waals surface area contributed by atoms with Crippen LogP contribution in [0.2, 0.25) is 0 Å². The highest BCUT2D eigenvalue weighted by molar-refractivity contribution is 6.10. The molecule has 0 unspecified atom stereocenters. The maximum atomic E-state index is 13.3. The molecule has 0 fully saturated rings. The summed E-state index contributed by atoms with van der Waals surface area (Å²) >= 11 is 0. The van der Waals surface area contributed by atoms with Crippen LogP contribution in [0, 0.1) is 6.92 Å². The van der Waals surface area contributed by atoms with Crippen LogP contribution in [0.25, 0.3) is 6.08 Å². The van der Waals surface area contributed by atoms with Gasteiger partial charge in [-0.15, -0.1) is 0 Å². The normalized spacial score (nSPS) is 11.1. The minimum absolute atomic E-state index is 0.136. The Morgan fingerprint density at radius 3 is 1.76 bits per heavy atom. The molecule has 2 rings (SSSR count). The SMILES string of the molecule is CCCCOc1cc(O)c(C(=O)/C=C/c2cc(OCCCC)c(OCCCC)cc2C)c(OCCCC)c1. The summed E-state index contributed by atoms with van der Waals surface area (Å²) in [6.45, 7) is 12.6. The molecule has 0 aromatic heterocycles. The van der Waals surface area contributed by atoms with Crippen LogP contribution in [0.15, 0.2) is 30.3 Å². The number of carbonyl (C=O) groups excluding carboxylic acids is 1. The summed E-state index contributed by atoms with van der Waals surface area (Å²) in [4.78, 5) is 13.3. The van der Waals surface area contributed by atoms with E-state index >= 15 is 0 Å². The van der Waals surface area contributed by atoms with Crippen molar-refractivity contribution in [3.63, 3.8) is 0 Å². The third-order valence-electron chi connectivity index (χ3n) is 6.08. The number of aryl methyl sites for hydroxylation is 1. The van der Waals surface area contributed by atoms with Gasteiger partial charge in [0, 0.05) is 12.1 Å². The predicted molar refractivity (Wildman–Crippen MR) is 154 cm³/mol. The van der Waals surface area contributed by atoms with Crippen LogP contribution < -0.4 is 18.9 Å². The second-order valence-electron chi connectivity index (χ2n) is 9.48. The number of phenols is 1. The van der Waals surface area contributed by atoms with Gasteiger partial charge in [-0.05, 0) is 61.9 Å². The van der Waals surface area contributed by atoms with Crippen molar-refractivity contribution in [2.24, 2.45) is 0 Å². The Morgan fingerprint density at radius 1 is 0.711 bits per heavy atom. The minimum Gasteiger partial charge on any atom is -0.507 e. The molecule has 0 radical (unpaired) electrons. The second-order valence-corrected chi connectivity index (χ2v) is 9.48. The van der Waals surface area contributed by atoms with Crippen molar-refractivity contribution in [2.75, 3.05) is 26.4 Å². The number of unbranched alkanes of at least 4 members (excludes halogenated alkanes) is 4. The molecular weight excluding hydrogens is 480 g/mol. The fourth-order valence-corrected chi connectivity index (χ4v) is 3.67. The van der Waals surface area contributed by atoms with Crippen molar-refractivity contribution >= 4 is 11.9 Å².